The van der Waals surface area contributed by atoms with E-state index in [-0.39, 0.29) is 16.3 Å². The molecule has 2 N–H and O–H groups in total. The number of carbonyl (C=O) groups excluding carboxylic acids is 1. The summed E-state index contributed by atoms with van der Waals surface area (Å²) in [4.78, 5) is 22.7. The van der Waals surface area contributed by atoms with Crippen LogP contribution in [0.5, 0.6) is 0 Å². The van der Waals surface area contributed by atoms with E-state index in [9.17, 15) is 22.8 Å². The van der Waals surface area contributed by atoms with Crippen LogP contribution in [-0.4, -0.2) is 41.8 Å². The Kier molecular flexibility index (Phi) is 4.83. The Hall–Kier alpha value is -1.96. The lowest BCUT2D eigenvalue weighted by Gasteiger charge is -2.20. The molecule has 1 aromatic carbocycles. The van der Waals surface area contributed by atoms with E-state index in [1.54, 1.807) is 0 Å². The first kappa shape index (κ1) is 16.1. The number of aromatic carboxylic acids is 1. The average Bonchev–Trinajstić information content (AvgIpc) is 2.29. The highest BCUT2D eigenvalue weighted by Gasteiger charge is 2.31. The van der Waals surface area contributed by atoms with Crippen LogP contribution in [0, 0.1) is 0 Å². The van der Waals surface area contributed by atoms with Gasteiger partial charge in [0.1, 0.15) is 6.54 Å². The molecule has 0 aliphatic carbocycles. The van der Waals surface area contributed by atoms with Crippen molar-refractivity contribution in [3.63, 3.8) is 0 Å². The smallest absolute Gasteiger partial charge is 0.406 e. The number of carboxylic acid groups (broad SMARTS) is 1. The monoisotopic (exact) mass is 310 g/mol. The number of carbonyl (C=O) groups is 2. The van der Waals surface area contributed by atoms with Crippen LogP contribution in [0.2, 0.25) is 5.02 Å². The summed E-state index contributed by atoms with van der Waals surface area (Å²) in [6.45, 7) is -1.44. The number of alkyl halides is 3. The highest BCUT2D eigenvalue weighted by atomic mass is 35.5. The number of hydrogen-bond donors (Lipinski definition) is 2. The number of rotatable bonds is 3. The van der Waals surface area contributed by atoms with Gasteiger partial charge in [-0.25, -0.2) is 9.59 Å². The molecule has 0 heterocycles. The van der Waals surface area contributed by atoms with Crippen LogP contribution >= 0.6 is 11.6 Å². The number of nitrogens with zero attached hydrogens (tertiary/aromatic N) is 1. The van der Waals surface area contributed by atoms with E-state index in [4.69, 9.17) is 16.7 Å². The first-order chi connectivity index (χ1) is 9.10. The van der Waals surface area contributed by atoms with Crippen LogP contribution in [0.1, 0.15) is 10.4 Å². The normalized spacial score (nSPS) is 11.1. The van der Waals surface area contributed by atoms with Gasteiger partial charge in [0, 0.05) is 7.05 Å². The van der Waals surface area contributed by atoms with E-state index in [0.29, 0.717) is 4.90 Å². The summed E-state index contributed by atoms with van der Waals surface area (Å²) in [6.07, 6.45) is -4.53. The molecule has 9 heteroatoms. The van der Waals surface area contributed by atoms with E-state index >= 15 is 0 Å². The lowest BCUT2D eigenvalue weighted by molar-refractivity contribution is -0.137. The molecule has 0 radical (unpaired) electrons. The van der Waals surface area contributed by atoms with Crippen molar-refractivity contribution in [3.05, 3.63) is 28.8 Å². The second-order valence-corrected chi connectivity index (χ2v) is 4.31. The molecule has 0 spiro atoms. The number of anilines is 1. The third-order valence-electron chi connectivity index (χ3n) is 2.22. The molecule has 0 unspecified atom stereocenters. The molecule has 0 aliphatic rings. The highest BCUT2D eigenvalue weighted by molar-refractivity contribution is 6.33. The molecule has 0 atom stereocenters. The Bertz CT molecular complexity index is 534. The Labute approximate surface area is 116 Å². The van der Waals surface area contributed by atoms with Gasteiger partial charge in [0.05, 0.1) is 16.3 Å². The van der Waals surface area contributed by atoms with Crippen molar-refractivity contribution >= 4 is 29.3 Å². The first-order valence-corrected chi connectivity index (χ1v) is 5.59. The van der Waals surface area contributed by atoms with Crippen molar-refractivity contribution in [2.24, 2.45) is 0 Å². The molecule has 0 fully saturated rings. The third kappa shape index (κ3) is 4.61. The van der Waals surface area contributed by atoms with E-state index in [0.717, 1.165) is 13.1 Å². The zero-order valence-electron chi connectivity index (χ0n) is 10.2. The van der Waals surface area contributed by atoms with Gasteiger partial charge in [-0.15, -0.1) is 0 Å². The number of benzene rings is 1. The standard InChI is InChI=1S/C11H10ClF3N2O3/c1-17(5-11(13,14)15)10(20)16-8-4-6(9(18)19)2-3-7(8)12/h2-4H,5H2,1H3,(H,16,20)(H,18,19). The number of urea groups is 1. The summed E-state index contributed by atoms with van der Waals surface area (Å²) in [5, 5.41) is 10.9. The van der Waals surface area contributed by atoms with Gasteiger partial charge in [-0.05, 0) is 18.2 Å². The molecule has 20 heavy (non-hydrogen) atoms. The maximum absolute atomic E-state index is 12.1. The molecule has 0 aliphatic heterocycles. The van der Waals surface area contributed by atoms with E-state index in [1.807, 2.05) is 0 Å². The molecule has 1 rings (SSSR count). The van der Waals surface area contributed by atoms with Crippen molar-refractivity contribution in [2.75, 3.05) is 18.9 Å². The summed E-state index contributed by atoms with van der Waals surface area (Å²) in [6, 6.07) is 2.44. The van der Waals surface area contributed by atoms with Crippen molar-refractivity contribution in [2.45, 2.75) is 6.18 Å². The fourth-order valence-corrected chi connectivity index (χ4v) is 1.47. The van der Waals surface area contributed by atoms with Crippen LogP contribution in [0.4, 0.5) is 23.7 Å². The van der Waals surface area contributed by atoms with Gasteiger partial charge >= 0.3 is 18.2 Å². The minimum absolute atomic E-state index is 0.0174. The van der Waals surface area contributed by atoms with Crippen molar-refractivity contribution < 1.29 is 27.9 Å². The van der Waals surface area contributed by atoms with Crippen LogP contribution in [0.25, 0.3) is 0 Å². The Morgan fingerprint density at radius 2 is 2.00 bits per heavy atom. The quantitative estimate of drug-likeness (QED) is 0.901. The van der Waals surface area contributed by atoms with Crippen molar-refractivity contribution in [1.82, 2.24) is 4.90 Å². The molecule has 2 amide bonds. The SMILES string of the molecule is CN(CC(F)(F)F)C(=O)Nc1cc(C(=O)O)ccc1Cl. The van der Waals surface area contributed by atoms with E-state index in [1.165, 1.54) is 12.1 Å². The molecule has 1 aromatic rings. The topological polar surface area (TPSA) is 69.6 Å². The molecular weight excluding hydrogens is 301 g/mol. The van der Waals surface area contributed by atoms with Gasteiger partial charge in [0.25, 0.3) is 0 Å². The van der Waals surface area contributed by atoms with Crippen LogP contribution < -0.4 is 5.32 Å². The number of nitrogens with one attached hydrogen (secondary N) is 1. The van der Waals surface area contributed by atoms with Crippen LogP contribution in [0.15, 0.2) is 18.2 Å². The molecule has 0 bridgehead atoms. The van der Waals surface area contributed by atoms with Gasteiger partial charge in [-0.2, -0.15) is 13.2 Å². The molecule has 110 valence electrons. The second-order valence-electron chi connectivity index (χ2n) is 3.90. The largest absolute Gasteiger partial charge is 0.478 e. The third-order valence-corrected chi connectivity index (χ3v) is 2.55. The average molecular weight is 311 g/mol. The lowest BCUT2D eigenvalue weighted by atomic mass is 10.2. The summed E-state index contributed by atoms with van der Waals surface area (Å²) >= 11 is 5.73. The summed E-state index contributed by atoms with van der Waals surface area (Å²) in [5.41, 5.74) is -0.228. The Morgan fingerprint density at radius 3 is 2.50 bits per heavy atom. The maximum Gasteiger partial charge on any atom is 0.406 e. The Balaban J connectivity index is 2.85. The van der Waals surface area contributed by atoms with Gasteiger partial charge in [-0.3, -0.25) is 0 Å². The predicted molar refractivity (Wildman–Crippen MR) is 66.1 cm³/mol. The van der Waals surface area contributed by atoms with Gasteiger partial charge in [0.2, 0.25) is 0 Å². The first-order valence-electron chi connectivity index (χ1n) is 5.22. The van der Waals surface area contributed by atoms with Gasteiger partial charge < -0.3 is 15.3 Å². The van der Waals surface area contributed by atoms with Crippen LogP contribution in [-0.2, 0) is 0 Å². The summed E-state index contributed by atoms with van der Waals surface area (Å²) < 4.78 is 36.4. The summed E-state index contributed by atoms with van der Waals surface area (Å²) in [7, 11) is 0.956. The molecule has 0 saturated heterocycles. The van der Waals surface area contributed by atoms with Gasteiger partial charge in [0.15, 0.2) is 0 Å². The summed E-state index contributed by atoms with van der Waals surface area (Å²) in [5.74, 6) is -1.25. The van der Waals surface area contributed by atoms with Gasteiger partial charge in [-0.1, -0.05) is 11.6 Å². The molecule has 0 saturated carbocycles. The fourth-order valence-electron chi connectivity index (χ4n) is 1.31. The number of amides is 2. The van der Waals surface area contributed by atoms with Crippen LogP contribution in [0.3, 0.4) is 0 Å². The minimum Gasteiger partial charge on any atom is -0.478 e. The maximum atomic E-state index is 12.1. The number of hydrogen-bond acceptors (Lipinski definition) is 2. The highest BCUT2D eigenvalue weighted by Crippen LogP contribution is 2.24. The predicted octanol–water partition coefficient (Wildman–Crippen LogP) is 3.06. The van der Waals surface area contributed by atoms with E-state index in [2.05, 4.69) is 5.32 Å². The zero-order valence-corrected chi connectivity index (χ0v) is 10.9. The van der Waals surface area contributed by atoms with E-state index < -0.39 is 24.7 Å². The number of carboxylic acids is 1. The van der Waals surface area contributed by atoms with Crippen molar-refractivity contribution in [3.8, 4) is 0 Å². The molecule has 5 nitrogen and oxygen atoms in total. The minimum atomic E-state index is -4.53. The number of halogens is 4. The molecular formula is C11H10ClF3N2O3. The fraction of sp³-hybridized carbons (Fsp3) is 0.273. The zero-order chi connectivity index (χ0) is 15.5. The van der Waals surface area contributed by atoms with Crippen molar-refractivity contribution in [1.29, 1.82) is 0 Å². The Morgan fingerprint density at radius 1 is 1.40 bits per heavy atom. The second kappa shape index (κ2) is 6.00. The lowest BCUT2D eigenvalue weighted by Crippen LogP contribution is -2.38. The molecule has 0 aromatic heterocycles.